The van der Waals surface area contributed by atoms with Crippen LogP contribution in [-0.4, -0.2) is 45.4 Å². The Labute approximate surface area is 194 Å². The van der Waals surface area contributed by atoms with Gasteiger partial charge in [-0.2, -0.15) is 0 Å². The van der Waals surface area contributed by atoms with Crippen LogP contribution in [-0.2, 0) is 14.8 Å². The zero-order valence-corrected chi connectivity index (χ0v) is 19.4. The summed E-state index contributed by atoms with van der Waals surface area (Å²) in [6.45, 7) is 4.58. The fraction of sp³-hybridized carbons (Fsp3) is 0.269. The molecule has 0 fully saturated rings. The standard InChI is InChI=1S/C26H27N3O3S/c1-19(30)27-23-11-12-24-26-22(23)9-5-10-25(26)33(31,32)29(24)16-6-15-28-17-13-21(14-18-28)20-7-3-2-4-8-20/h2-5,7-13H,6,14-18H2,1H3,(H,27,30). The Bertz CT molecular complexity index is 1350. The van der Waals surface area contributed by atoms with Crippen molar-refractivity contribution in [3.05, 3.63) is 72.3 Å². The van der Waals surface area contributed by atoms with Gasteiger partial charge in [0.05, 0.1) is 10.6 Å². The molecule has 0 aromatic heterocycles. The lowest BCUT2D eigenvalue weighted by atomic mass is 9.99. The second-order valence-electron chi connectivity index (χ2n) is 8.57. The van der Waals surface area contributed by atoms with Gasteiger partial charge in [-0.15, -0.1) is 0 Å². The predicted molar refractivity (Wildman–Crippen MR) is 133 cm³/mol. The molecule has 0 spiro atoms. The number of nitrogens with zero attached hydrogens (tertiary/aromatic N) is 2. The number of anilines is 2. The molecule has 170 valence electrons. The molecule has 0 bridgehead atoms. The maximum absolute atomic E-state index is 13.3. The lowest BCUT2D eigenvalue weighted by Crippen LogP contribution is -2.34. The van der Waals surface area contributed by atoms with Gasteiger partial charge >= 0.3 is 0 Å². The van der Waals surface area contributed by atoms with Gasteiger partial charge in [0.15, 0.2) is 0 Å². The summed E-state index contributed by atoms with van der Waals surface area (Å²) in [7, 11) is -3.60. The van der Waals surface area contributed by atoms with Crippen molar-refractivity contribution in [3.63, 3.8) is 0 Å². The van der Waals surface area contributed by atoms with Gasteiger partial charge in [-0.1, -0.05) is 48.5 Å². The van der Waals surface area contributed by atoms with Gasteiger partial charge < -0.3 is 5.32 Å². The Morgan fingerprint density at radius 2 is 1.82 bits per heavy atom. The maximum atomic E-state index is 13.3. The molecule has 5 rings (SSSR count). The molecule has 1 amide bonds. The second kappa shape index (κ2) is 8.65. The number of hydrogen-bond acceptors (Lipinski definition) is 4. The number of carbonyl (C=O) groups excluding carboxylic acids is 1. The first kappa shape index (κ1) is 21.7. The third-order valence-corrected chi connectivity index (χ3v) is 8.26. The van der Waals surface area contributed by atoms with E-state index >= 15 is 0 Å². The molecule has 0 radical (unpaired) electrons. The molecule has 0 atom stereocenters. The van der Waals surface area contributed by atoms with E-state index in [1.54, 1.807) is 24.3 Å². The van der Waals surface area contributed by atoms with Crippen LogP contribution in [0.4, 0.5) is 11.4 Å². The molecule has 0 unspecified atom stereocenters. The molecular formula is C26H27N3O3S. The van der Waals surface area contributed by atoms with Gasteiger partial charge in [-0.05, 0) is 42.2 Å². The second-order valence-corrected chi connectivity index (χ2v) is 10.4. The molecule has 6 nitrogen and oxygen atoms in total. The van der Waals surface area contributed by atoms with E-state index in [0.29, 0.717) is 28.2 Å². The first-order valence-electron chi connectivity index (χ1n) is 11.3. The van der Waals surface area contributed by atoms with Crippen LogP contribution in [0.25, 0.3) is 16.3 Å². The minimum atomic E-state index is -3.60. The Balaban J connectivity index is 1.30. The van der Waals surface area contributed by atoms with Gasteiger partial charge in [0, 0.05) is 49.6 Å². The van der Waals surface area contributed by atoms with E-state index in [0.717, 1.165) is 37.9 Å². The number of benzene rings is 3. The van der Waals surface area contributed by atoms with Crippen LogP contribution < -0.4 is 9.62 Å². The SMILES string of the molecule is CC(=O)Nc1ccc2c3c(cccc13)S(=O)(=O)N2CCCN1CC=C(c2ccccc2)CC1. The molecule has 33 heavy (non-hydrogen) atoms. The zero-order valence-electron chi connectivity index (χ0n) is 18.6. The molecule has 2 heterocycles. The molecule has 1 N–H and O–H groups in total. The highest BCUT2D eigenvalue weighted by molar-refractivity contribution is 7.93. The summed E-state index contributed by atoms with van der Waals surface area (Å²) in [6, 6.07) is 19.3. The van der Waals surface area contributed by atoms with Crippen molar-refractivity contribution >= 4 is 43.7 Å². The van der Waals surface area contributed by atoms with E-state index in [2.05, 4.69) is 40.6 Å². The molecule has 0 aliphatic carbocycles. The average molecular weight is 462 g/mol. The summed E-state index contributed by atoms with van der Waals surface area (Å²) in [4.78, 5) is 14.3. The summed E-state index contributed by atoms with van der Waals surface area (Å²) >= 11 is 0. The third kappa shape index (κ3) is 4.03. The molecule has 0 saturated carbocycles. The smallest absolute Gasteiger partial charge is 0.265 e. The van der Waals surface area contributed by atoms with E-state index < -0.39 is 10.0 Å². The summed E-state index contributed by atoms with van der Waals surface area (Å²) in [5.74, 6) is -0.181. The minimum absolute atomic E-state index is 0.181. The summed E-state index contributed by atoms with van der Waals surface area (Å²) in [5.41, 5.74) is 3.99. The fourth-order valence-corrected chi connectivity index (χ4v) is 6.57. The van der Waals surface area contributed by atoms with E-state index in [-0.39, 0.29) is 5.91 Å². The Hall–Kier alpha value is -3.16. The van der Waals surface area contributed by atoms with Crippen molar-refractivity contribution in [1.82, 2.24) is 4.90 Å². The molecule has 3 aromatic rings. The van der Waals surface area contributed by atoms with Crippen molar-refractivity contribution < 1.29 is 13.2 Å². The maximum Gasteiger partial charge on any atom is 0.265 e. The van der Waals surface area contributed by atoms with Crippen molar-refractivity contribution in [2.45, 2.75) is 24.7 Å². The van der Waals surface area contributed by atoms with E-state index in [9.17, 15) is 13.2 Å². The van der Waals surface area contributed by atoms with Crippen LogP contribution in [0.1, 0.15) is 25.3 Å². The van der Waals surface area contributed by atoms with Crippen molar-refractivity contribution in [3.8, 4) is 0 Å². The monoisotopic (exact) mass is 461 g/mol. The van der Waals surface area contributed by atoms with Gasteiger partial charge in [0.25, 0.3) is 10.0 Å². The highest BCUT2D eigenvalue weighted by Gasteiger charge is 2.36. The van der Waals surface area contributed by atoms with Crippen molar-refractivity contribution in [2.24, 2.45) is 0 Å². The van der Waals surface area contributed by atoms with Gasteiger partial charge in [-0.25, -0.2) is 8.42 Å². The number of amides is 1. The molecule has 3 aromatic carbocycles. The first-order chi connectivity index (χ1) is 15.9. The van der Waals surface area contributed by atoms with Crippen molar-refractivity contribution in [1.29, 1.82) is 0 Å². The van der Waals surface area contributed by atoms with Crippen molar-refractivity contribution in [2.75, 3.05) is 35.8 Å². The quantitative estimate of drug-likeness (QED) is 0.587. The fourth-order valence-electron chi connectivity index (χ4n) is 4.83. The predicted octanol–water partition coefficient (Wildman–Crippen LogP) is 4.49. The first-order valence-corrected chi connectivity index (χ1v) is 12.7. The van der Waals surface area contributed by atoms with Gasteiger partial charge in [-0.3, -0.25) is 14.0 Å². The van der Waals surface area contributed by atoms with Gasteiger partial charge in [0.1, 0.15) is 0 Å². The third-order valence-electron chi connectivity index (χ3n) is 6.40. The van der Waals surface area contributed by atoms with Crippen LogP contribution in [0, 0.1) is 0 Å². The van der Waals surface area contributed by atoms with E-state index in [1.807, 2.05) is 12.1 Å². The lowest BCUT2D eigenvalue weighted by molar-refractivity contribution is -0.114. The van der Waals surface area contributed by atoms with Crippen LogP contribution in [0.3, 0.4) is 0 Å². The highest BCUT2D eigenvalue weighted by Crippen LogP contribution is 2.44. The molecule has 2 aliphatic rings. The number of rotatable bonds is 6. The molecule has 2 aliphatic heterocycles. The van der Waals surface area contributed by atoms with Crippen LogP contribution in [0.15, 0.2) is 71.6 Å². The van der Waals surface area contributed by atoms with E-state index in [1.165, 1.54) is 22.4 Å². The highest BCUT2D eigenvalue weighted by atomic mass is 32.2. The summed E-state index contributed by atoms with van der Waals surface area (Å²) < 4.78 is 28.1. The largest absolute Gasteiger partial charge is 0.326 e. The minimum Gasteiger partial charge on any atom is -0.326 e. The zero-order chi connectivity index (χ0) is 23.0. The normalized spacial score (nSPS) is 17.2. The lowest BCUT2D eigenvalue weighted by Gasteiger charge is -2.27. The Morgan fingerprint density at radius 1 is 1.00 bits per heavy atom. The van der Waals surface area contributed by atoms with Gasteiger partial charge in [0.2, 0.25) is 5.91 Å². The summed E-state index contributed by atoms with van der Waals surface area (Å²) in [5, 5.41) is 4.25. The molecular weight excluding hydrogens is 434 g/mol. The van der Waals surface area contributed by atoms with Crippen LogP contribution in [0.2, 0.25) is 0 Å². The Kier molecular flexibility index (Phi) is 5.68. The topological polar surface area (TPSA) is 69.7 Å². The van der Waals surface area contributed by atoms with E-state index in [4.69, 9.17) is 0 Å². The molecule has 7 heteroatoms. The molecule has 0 saturated heterocycles. The summed E-state index contributed by atoms with van der Waals surface area (Å²) in [6.07, 6.45) is 4.03. The number of sulfonamides is 1. The van der Waals surface area contributed by atoms with Crippen LogP contribution >= 0.6 is 0 Å². The number of hydrogen-bond donors (Lipinski definition) is 1. The average Bonchev–Trinajstić information content (AvgIpc) is 3.04. The van der Waals surface area contributed by atoms with Crippen LogP contribution in [0.5, 0.6) is 0 Å². The number of nitrogens with one attached hydrogen (secondary N) is 1. The Morgan fingerprint density at radius 3 is 2.55 bits per heavy atom. The number of carbonyl (C=O) groups is 1.